The van der Waals surface area contributed by atoms with Gasteiger partial charge in [-0.15, -0.1) is 0 Å². The summed E-state index contributed by atoms with van der Waals surface area (Å²) in [6, 6.07) is 2.21. The number of nitrogens with zero attached hydrogens (tertiary/aromatic N) is 2. The number of nitrogens with one attached hydrogen (secondary N) is 2. The monoisotopic (exact) mass is 287 g/mol. The third kappa shape index (κ3) is 3.09. The summed E-state index contributed by atoms with van der Waals surface area (Å²) in [4.78, 5) is 12.2. The van der Waals surface area contributed by atoms with Gasteiger partial charge in [0.15, 0.2) is 0 Å². The van der Waals surface area contributed by atoms with Crippen LogP contribution in [-0.2, 0) is 6.42 Å². The van der Waals surface area contributed by atoms with Gasteiger partial charge in [0, 0.05) is 24.5 Å². The lowest BCUT2D eigenvalue weighted by atomic mass is 10.1. The summed E-state index contributed by atoms with van der Waals surface area (Å²) in [5.74, 6) is -0.0393. The Kier molecular flexibility index (Phi) is 3.68. The molecule has 1 saturated carbocycles. The molecule has 0 radical (unpaired) electrons. The van der Waals surface area contributed by atoms with E-state index in [1.54, 1.807) is 6.07 Å². The molecule has 1 aliphatic carbocycles. The van der Waals surface area contributed by atoms with Crippen LogP contribution in [0, 0.1) is 6.92 Å². The van der Waals surface area contributed by atoms with Crippen molar-refractivity contribution in [3.8, 4) is 0 Å². The van der Waals surface area contributed by atoms with Crippen molar-refractivity contribution in [2.24, 2.45) is 0 Å². The molecule has 0 spiro atoms. The predicted molar refractivity (Wildman–Crippen MR) is 81.1 cm³/mol. The number of aryl methyl sites for hydroxylation is 2. The number of aromatic nitrogens is 3. The van der Waals surface area contributed by atoms with Gasteiger partial charge in [0.25, 0.3) is 5.91 Å². The van der Waals surface area contributed by atoms with Crippen molar-refractivity contribution in [2.45, 2.75) is 38.6 Å². The quantitative estimate of drug-likeness (QED) is 0.708. The first kappa shape index (κ1) is 13.7. The molecule has 0 bridgehead atoms. The van der Waals surface area contributed by atoms with Gasteiger partial charge in [-0.3, -0.25) is 9.89 Å². The van der Waals surface area contributed by atoms with E-state index in [-0.39, 0.29) is 5.91 Å². The molecular weight excluding hydrogens is 266 g/mol. The number of nitrogen functional groups attached to an aromatic ring is 1. The number of carbonyl (C=O) groups excluding carboxylic acids is 1. The standard InChI is InChI=1S/C15H21N5O/c1-10-11(8-18-19-10)3-2-6-17-15(21)14-7-12(16)9-20(14)13-4-5-13/h7-9,13H,2-6,16H2,1H3,(H,17,21)(H,18,19). The lowest BCUT2D eigenvalue weighted by molar-refractivity contribution is 0.0944. The highest BCUT2D eigenvalue weighted by Gasteiger charge is 2.27. The highest BCUT2D eigenvalue weighted by molar-refractivity contribution is 5.93. The molecule has 0 aliphatic heterocycles. The summed E-state index contributed by atoms with van der Waals surface area (Å²) in [6.45, 7) is 2.66. The molecule has 6 heteroatoms. The van der Waals surface area contributed by atoms with Gasteiger partial charge in [-0.25, -0.2) is 0 Å². The van der Waals surface area contributed by atoms with Crippen molar-refractivity contribution in [2.75, 3.05) is 12.3 Å². The molecule has 6 nitrogen and oxygen atoms in total. The van der Waals surface area contributed by atoms with Crippen LogP contribution in [0.15, 0.2) is 18.5 Å². The Morgan fingerprint density at radius 3 is 3.05 bits per heavy atom. The third-order valence-electron chi connectivity index (χ3n) is 3.89. The SMILES string of the molecule is Cc1[nH]ncc1CCCNC(=O)c1cc(N)cn1C1CC1. The topological polar surface area (TPSA) is 88.7 Å². The summed E-state index contributed by atoms with van der Waals surface area (Å²) in [7, 11) is 0. The largest absolute Gasteiger partial charge is 0.397 e. The molecule has 0 unspecified atom stereocenters. The molecular formula is C15H21N5O. The molecule has 0 atom stereocenters. The smallest absolute Gasteiger partial charge is 0.267 e. The molecule has 1 amide bonds. The Hall–Kier alpha value is -2.24. The maximum atomic E-state index is 12.2. The Balaban J connectivity index is 1.51. The van der Waals surface area contributed by atoms with Crippen LogP contribution in [0.25, 0.3) is 0 Å². The Morgan fingerprint density at radius 1 is 1.57 bits per heavy atom. The van der Waals surface area contributed by atoms with E-state index in [9.17, 15) is 4.79 Å². The van der Waals surface area contributed by atoms with Crippen molar-refractivity contribution in [3.05, 3.63) is 35.4 Å². The lowest BCUT2D eigenvalue weighted by Crippen LogP contribution is -2.26. The summed E-state index contributed by atoms with van der Waals surface area (Å²) in [6.07, 6.45) is 7.78. The molecule has 0 aromatic carbocycles. The molecule has 2 aromatic heterocycles. The van der Waals surface area contributed by atoms with Crippen molar-refractivity contribution in [3.63, 3.8) is 0 Å². The van der Waals surface area contributed by atoms with Crippen LogP contribution in [0.3, 0.4) is 0 Å². The summed E-state index contributed by atoms with van der Waals surface area (Å²) >= 11 is 0. The molecule has 2 heterocycles. The number of carbonyl (C=O) groups is 1. The number of nitrogens with two attached hydrogens (primary N) is 1. The second-order valence-electron chi connectivity index (χ2n) is 5.68. The normalized spacial score (nSPS) is 14.3. The minimum atomic E-state index is -0.0393. The number of H-pyrrole nitrogens is 1. The van der Waals surface area contributed by atoms with Crippen LogP contribution in [0.1, 0.15) is 47.1 Å². The molecule has 1 aliphatic rings. The van der Waals surface area contributed by atoms with E-state index < -0.39 is 0 Å². The van der Waals surface area contributed by atoms with Gasteiger partial charge in [-0.05, 0) is 44.2 Å². The van der Waals surface area contributed by atoms with Gasteiger partial charge in [-0.1, -0.05) is 0 Å². The first-order valence-electron chi connectivity index (χ1n) is 7.39. The zero-order chi connectivity index (χ0) is 14.8. The van der Waals surface area contributed by atoms with Crippen LogP contribution >= 0.6 is 0 Å². The van der Waals surface area contributed by atoms with Crippen LogP contribution in [-0.4, -0.2) is 27.2 Å². The zero-order valence-corrected chi connectivity index (χ0v) is 12.2. The minimum Gasteiger partial charge on any atom is -0.397 e. The highest BCUT2D eigenvalue weighted by atomic mass is 16.1. The first-order chi connectivity index (χ1) is 10.1. The van der Waals surface area contributed by atoms with Crippen molar-refractivity contribution < 1.29 is 4.79 Å². The molecule has 21 heavy (non-hydrogen) atoms. The summed E-state index contributed by atoms with van der Waals surface area (Å²) in [5, 5.41) is 9.88. The van der Waals surface area contributed by atoms with Gasteiger partial charge in [-0.2, -0.15) is 5.10 Å². The minimum absolute atomic E-state index is 0.0393. The first-order valence-corrected chi connectivity index (χ1v) is 7.39. The van der Waals surface area contributed by atoms with Crippen LogP contribution in [0.2, 0.25) is 0 Å². The Bertz CT molecular complexity index is 638. The van der Waals surface area contributed by atoms with Crippen LogP contribution in [0.5, 0.6) is 0 Å². The molecule has 0 saturated heterocycles. The van der Waals surface area contributed by atoms with E-state index in [1.165, 1.54) is 5.56 Å². The summed E-state index contributed by atoms with van der Waals surface area (Å²) in [5.41, 5.74) is 9.43. The Labute approximate surface area is 123 Å². The fourth-order valence-corrected chi connectivity index (χ4v) is 2.54. The van der Waals surface area contributed by atoms with Gasteiger partial charge in [0.05, 0.1) is 11.9 Å². The average Bonchev–Trinajstić information content (AvgIpc) is 3.12. The second-order valence-corrected chi connectivity index (χ2v) is 5.68. The van der Waals surface area contributed by atoms with Crippen molar-refractivity contribution in [1.82, 2.24) is 20.1 Å². The van der Waals surface area contributed by atoms with E-state index in [2.05, 4.69) is 15.5 Å². The fourth-order valence-electron chi connectivity index (χ4n) is 2.54. The molecule has 4 N–H and O–H groups in total. The van der Waals surface area contributed by atoms with E-state index in [4.69, 9.17) is 5.73 Å². The van der Waals surface area contributed by atoms with Gasteiger partial charge in [0.2, 0.25) is 0 Å². The van der Waals surface area contributed by atoms with Gasteiger partial charge < -0.3 is 15.6 Å². The second kappa shape index (κ2) is 5.63. The molecule has 112 valence electrons. The van der Waals surface area contributed by atoms with Gasteiger partial charge in [0.1, 0.15) is 5.69 Å². The van der Waals surface area contributed by atoms with Crippen molar-refractivity contribution in [1.29, 1.82) is 0 Å². The number of rotatable bonds is 6. The van der Waals surface area contributed by atoms with Gasteiger partial charge >= 0.3 is 0 Å². The number of hydrogen-bond acceptors (Lipinski definition) is 3. The fraction of sp³-hybridized carbons (Fsp3) is 0.467. The summed E-state index contributed by atoms with van der Waals surface area (Å²) < 4.78 is 2.00. The zero-order valence-electron chi connectivity index (χ0n) is 12.2. The highest BCUT2D eigenvalue weighted by Crippen LogP contribution is 2.37. The van der Waals surface area contributed by atoms with E-state index in [1.807, 2.05) is 23.9 Å². The van der Waals surface area contributed by atoms with Crippen molar-refractivity contribution >= 4 is 11.6 Å². The Morgan fingerprint density at radius 2 is 2.38 bits per heavy atom. The third-order valence-corrected chi connectivity index (χ3v) is 3.89. The number of amides is 1. The molecule has 3 rings (SSSR count). The number of hydrogen-bond donors (Lipinski definition) is 3. The van der Waals surface area contributed by atoms with Crippen LogP contribution in [0.4, 0.5) is 5.69 Å². The maximum Gasteiger partial charge on any atom is 0.267 e. The average molecular weight is 287 g/mol. The number of aromatic amines is 1. The molecule has 1 fully saturated rings. The van der Waals surface area contributed by atoms with Crippen LogP contribution < -0.4 is 11.1 Å². The lowest BCUT2D eigenvalue weighted by Gasteiger charge is -2.08. The molecule has 2 aromatic rings. The van der Waals surface area contributed by atoms with E-state index in [0.29, 0.717) is 24.0 Å². The van der Waals surface area contributed by atoms with E-state index >= 15 is 0 Å². The maximum absolute atomic E-state index is 12.2. The van der Waals surface area contributed by atoms with E-state index in [0.717, 1.165) is 31.4 Å². The predicted octanol–water partition coefficient (Wildman–Crippen LogP) is 1.80. The number of anilines is 1.